The van der Waals surface area contributed by atoms with Crippen LogP contribution in [0.1, 0.15) is 30.0 Å². The van der Waals surface area contributed by atoms with E-state index in [9.17, 15) is 4.79 Å². The van der Waals surface area contributed by atoms with E-state index in [-0.39, 0.29) is 11.5 Å². The number of H-pyrrole nitrogens is 1. The zero-order valence-corrected chi connectivity index (χ0v) is 16.6. The maximum atomic E-state index is 12.2. The number of nitrogens with zero attached hydrogens (tertiary/aromatic N) is 4. The van der Waals surface area contributed by atoms with E-state index in [4.69, 9.17) is 23.2 Å². The summed E-state index contributed by atoms with van der Waals surface area (Å²) in [5.74, 6) is 0.645. The molecule has 0 radical (unpaired) electrons. The van der Waals surface area contributed by atoms with Crippen LogP contribution in [0.3, 0.4) is 0 Å². The van der Waals surface area contributed by atoms with E-state index in [1.54, 1.807) is 24.7 Å². The van der Waals surface area contributed by atoms with Crippen molar-refractivity contribution in [2.24, 2.45) is 0 Å². The van der Waals surface area contributed by atoms with E-state index < -0.39 is 0 Å². The van der Waals surface area contributed by atoms with Crippen LogP contribution in [0, 0.1) is 0 Å². The minimum absolute atomic E-state index is 0.174. The minimum atomic E-state index is -0.174. The zero-order valence-electron chi connectivity index (χ0n) is 15.1. The molecule has 144 valence electrons. The van der Waals surface area contributed by atoms with Gasteiger partial charge in [0, 0.05) is 37.5 Å². The lowest BCUT2D eigenvalue weighted by molar-refractivity contribution is 0.198. The van der Waals surface area contributed by atoms with Gasteiger partial charge in [-0.3, -0.25) is 14.7 Å². The van der Waals surface area contributed by atoms with Crippen molar-refractivity contribution >= 4 is 23.2 Å². The van der Waals surface area contributed by atoms with E-state index in [1.807, 2.05) is 18.2 Å². The molecule has 1 aliphatic heterocycles. The molecule has 4 rings (SSSR count). The topological polar surface area (TPSA) is 74.8 Å². The molecule has 0 aliphatic carbocycles. The third kappa shape index (κ3) is 4.41. The van der Waals surface area contributed by atoms with E-state index in [0.29, 0.717) is 21.6 Å². The number of piperidine rings is 1. The fourth-order valence-electron chi connectivity index (χ4n) is 3.56. The average molecular weight is 416 g/mol. The molecule has 0 amide bonds. The molecule has 1 fully saturated rings. The molecule has 0 bridgehead atoms. The lowest BCUT2D eigenvalue weighted by atomic mass is 9.94. The number of likely N-dealkylation sites (tertiary alicyclic amines) is 1. The van der Waals surface area contributed by atoms with Gasteiger partial charge in [0.15, 0.2) is 5.82 Å². The number of nitrogens with one attached hydrogen (secondary N) is 1. The second kappa shape index (κ2) is 8.39. The fraction of sp³-hybridized carbons (Fsp3) is 0.300. The first-order chi connectivity index (χ1) is 13.6. The summed E-state index contributed by atoms with van der Waals surface area (Å²) in [6.45, 7) is 2.61. The van der Waals surface area contributed by atoms with Gasteiger partial charge in [-0.2, -0.15) is 0 Å². The van der Waals surface area contributed by atoms with Gasteiger partial charge in [-0.1, -0.05) is 29.3 Å². The van der Waals surface area contributed by atoms with Crippen molar-refractivity contribution in [1.29, 1.82) is 0 Å². The lowest BCUT2D eigenvalue weighted by Crippen LogP contribution is -2.34. The van der Waals surface area contributed by atoms with Crippen molar-refractivity contribution in [2.45, 2.75) is 25.3 Å². The van der Waals surface area contributed by atoms with Gasteiger partial charge < -0.3 is 4.98 Å². The van der Waals surface area contributed by atoms with Crippen LogP contribution in [0.4, 0.5) is 0 Å². The highest BCUT2D eigenvalue weighted by Gasteiger charge is 2.23. The smallest absolute Gasteiger partial charge is 0.251 e. The van der Waals surface area contributed by atoms with E-state index in [0.717, 1.165) is 43.7 Å². The molecule has 2 aromatic heterocycles. The summed E-state index contributed by atoms with van der Waals surface area (Å²) < 4.78 is 0. The van der Waals surface area contributed by atoms with Crippen molar-refractivity contribution in [3.05, 3.63) is 74.5 Å². The maximum absolute atomic E-state index is 12.2. The van der Waals surface area contributed by atoms with Gasteiger partial charge in [0.25, 0.3) is 5.56 Å². The number of rotatable bonds is 4. The van der Waals surface area contributed by atoms with Gasteiger partial charge in [0.2, 0.25) is 0 Å². The lowest BCUT2D eigenvalue weighted by Gasteiger charge is -2.32. The number of aromatic nitrogens is 4. The molecule has 8 heteroatoms. The molecule has 0 spiro atoms. The zero-order chi connectivity index (χ0) is 19.5. The summed E-state index contributed by atoms with van der Waals surface area (Å²) >= 11 is 12.2. The highest BCUT2D eigenvalue weighted by molar-refractivity contribution is 6.42. The number of benzene rings is 1. The van der Waals surface area contributed by atoms with Crippen molar-refractivity contribution in [3.63, 3.8) is 0 Å². The fourth-order valence-corrected chi connectivity index (χ4v) is 3.89. The molecule has 0 unspecified atom stereocenters. The van der Waals surface area contributed by atoms with Crippen LogP contribution in [-0.4, -0.2) is 37.9 Å². The first-order valence-corrected chi connectivity index (χ1v) is 9.88. The Hall–Kier alpha value is -2.28. The van der Waals surface area contributed by atoms with E-state index in [1.165, 1.54) is 0 Å². The molecule has 3 aromatic rings. The molecular formula is C20H19Cl2N5O. The molecule has 28 heavy (non-hydrogen) atoms. The normalized spacial score (nSPS) is 17.6. The summed E-state index contributed by atoms with van der Waals surface area (Å²) in [5.41, 5.74) is 2.30. The molecule has 3 heterocycles. The van der Waals surface area contributed by atoms with Crippen molar-refractivity contribution in [3.8, 4) is 11.5 Å². The van der Waals surface area contributed by atoms with Crippen LogP contribution in [-0.2, 0) is 6.54 Å². The summed E-state index contributed by atoms with van der Waals surface area (Å²) in [4.78, 5) is 30.3. The van der Waals surface area contributed by atoms with Crippen molar-refractivity contribution in [1.82, 2.24) is 24.8 Å². The first-order valence-electron chi connectivity index (χ1n) is 9.12. The summed E-state index contributed by atoms with van der Waals surface area (Å²) in [7, 11) is 0. The van der Waals surface area contributed by atoms with Crippen molar-refractivity contribution < 1.29 is 0 Å². The minimum Gasteiger partial charge on any atom is -0.305 e. The third-order valence-electron chi connectivity index (χ3n) is 4.88. The van der Waals surface area contributed by atoms with Gasteiger partial charge in [0.1, 0.15) is 5.69 Å². The maximum Gasteiger partial charge on any atom is 0.251 e. The summed E-state index contributed by atoms with van der Waals surface area (Å²) in [6, 6.07) is 7.32. The molecule has 6 nitrogen and oxygen atoms in total. The number of halogens is 2. The Labute approximate surface area is 172 Å². The molecular weight excluding hydrogens is 397 g/mol. The Kier molecular flexibility index (Phi) is 5.71. The SMILES string of the molecule is O=c1cc([C@H]2CCCN(Cc3ccc(Cl)c(Cl)c3)C2)nc(-c2cnccn2)[nH]1. The van der Waals surface area contributed by atoms with Crippen LogP contribution in [0.25, 0.3) is 11.5 Å². The molecule has 1 saturated heterocycles. The Morgan fingerprint density at radius 1 is 1.18 bits per heavy atom. The number of hydrogen-bond acceptors (Lipinski definition) is 5. The average Bonchev–Trinajstić information content (AvgIpc) is 2.71. The second-order valence-electron chi connectivity index (χ2n) is 6.93. The quantitative estimate of drug-likeness (QED) is 0.698. The summed E-state index contributed by atoms with van der Waals surface area (Å²) in [6.07, 6.45) is 6.81. The van der Waals surface area contributed by atoms with Gasteiger partial charge in [0.05, 0.1) is 21.9 Å². The molecule has 1 atom stereocenters. The Morgan fingerprint density at radius 2 is 2.07 bits per heavy atom. The standard InChI is InChI=1S/C20H19Cl2N5O/c21-15-4-3-13(8-16(15)22)11-27-7-1-2-14(12-27)17-9-19(28)26-20(25-17)18-10-23-5-6-24-18/h3-6,8-10,14H,1-2,7,11-12H2,(H,25,26,28)/t14-/m0/s1. The monoisotopic (exact) mass is 415 g/mol. The van der Waals surface area contributed by atoms with Crippen LogP contribution in [0.5, 0.6) is 0 Å². The molecule has 1 aliphatic rings. The number of aromatic amines is 1. The number of hydrogen-bond donors (Lipinski definition) is 1. The van der Waals surface area contributed by atoms with Crippen LogP contribution >= 0.6 is 23.2 Å². The molecule has 1 N–H and O–H groups in total. The second-order valence-corrected chi connectivity index (χ2v) is 7.75. The molecule has 1 aromatic carbocycles. The van der Waals surface area contributed by atoms with E-state index >= 15 is 0 Å². The highest BCUT2D eigenvalue weighted by atomic mass is 35.5. The third-order valence-corrected chi connectivity index (χ3v) is 5.62. The predicted octanol–water partition coefficient (Wildman–Crippen LogP) is 3.91. The van der Waals surface area contributed by atoms with Crippen LogP contribution in [0.2, 0.25) is 10.0 Å². The van der Waals surface area contributed by atoms with Gasteiger partial charge in [-0.15, -0.1) is 0 Å². The van der Waals surface area contributed by atoms with Crippen LogP contribution in [0.15, 0.2) is 47.7 Å². The van der Waals surface area contributed by atoms with Crippen molar-refractivity contribution in [2.75, 3.05) is 13.1 Å². The summed E-state index contributed by atoms with van der Waals surface area (Å²) in [5, 5.41) is 1.13. The Bertz CT molecular complexity index is 1020. The largest absolute Gasteiger partial charge is 0.305 e. The first kappa shape index (κ1) is 19.1. The van der Waals surface area contributed by atoms with Crippen LogP contribution < -0.4 is 5.56 Å². The predicted molar refractivity (Wildman–Crippen MR) is 110 cm³/mol. The Morgan fingerprint density at radius 3 is 2.86 bits per heavy atom. The molecule has 0 saturated carbocycles. The van der Waals surface area contributed by atoms with E-state index in [2.05, 4.69) is 24.8 Å². The highest BCUT2D eigenvalue weighted by Crippen LogP contribution is 2.28. The van der Waals surface area contributed by atoms with Gasteiger partial charge >= 0.3 is 0 Å². The van der Waals surface area contributed by atoms with Gasteiger partial charge in [-0.05, 0) is 37.1 Å². The Balaban J connectivity index is 1.53. The van der Waals surface area contributed by atoms with Gasteiger partial charge in [-0.25, -0.2) is 9.97 Å².